The van der Waals surface area contributed by atoms with Crippen LogP contribution in [-0.2, 0) is 9.53 Å². The number of carbonyl (C=O) groups is 2. The Morgan fingerprint density at radius 1 is 1.16 bits per heavy atom. The number of thioether (sulfide) groups is 1. The van der Waals surface area contributed by atoms with Crippen LogP contribution in [-0.4, -0.2) is 41.8 Å². The Hall–Kier alpha value is -3.01. The Morgan fingerprint density at radius 3 is 2.52 bits per heavy atom. The van der Waals surface area contributed by atoms with Gasteiger partial charge in [0.25, 0.3) is 5.91 Å². The maximum Gasteiger partial charge on any atom is 0.412 e. The van der Waals surface area contributed by atoms with Crippen molar-refractivity contribution in [2.45, 2.75) is 17.9 Å². The van der Waals surface area contributed by atoms with Gasteiger partial charge < -0.3 is 14.6 Å². The van der Waals surface area contributed by atoms with Crippen molar-refractivity contribution in [3.63, 3.8) is 0 Å². The van der Waals surface area contributed by atoms with Crippen molar-refractivity contribution in [2.75, 3.05) is 24.8 Å². The van der Waals surface area contributed by atoms with Crippen LogP contribution in [0, 0.1) is 5.92 Å². The van der Waals surface area contributed by atoms with E-state index in [1.54, 1.807) is 55.1 Å². The first-order chi connectivity index (χ1) is 15.0. The average Bonchev–Trinajstić information content (AvgIpc) is 2.80. The largest absolute Gasteiger partial charge is 0.491 e. The number of benzene rings is 2. The van der Waals surface area contributed by atoms with E-state index in [1.807, 2.05) is 18.4 Å². The molecule has 2 rings (SSSR count). The fourth-order valence-corrected chi connectivity index (χ4v) is 3.18. The summed E-state index contributed by atoms with van der Waals surface area (Å²) in [5.41, 5.74) is 2.67. The Bertz CT molecular complexity index is 888. The minimum atomic E-state index is -0.803. The molecule has 8 nitrogen and oxygen atoms in total. The monoisotopic (exact) mass is 446 g/mol. The molecule has 0 aromatic heterocycles. The van der Waals surface area contributed by atoms with Gasteiger partial charge >= 0.3 is 6.09 Å². The van der Waals surface area contributed by atoms with Crippen molar-refractivity contribution < 1.29 is 29.4 Å². The van der Waals surface area contributed by atoms with Crippen LogP contribution >= 0.6 is 11.8 Å². The van der Waals surface area contributed by atoms with Gasteiger partial charge in [-0.3, -0.25) is 15.3 Å². The number of rotatable bonds is 10. The van der Waals surface area contributed by atoms with Gasteiger partial charge in [0.1, 0.15) is 18.5 Å². The van der Waals surface area contributed by atoms with Gasteiger partial charge in [-0.25, -0.2) is 10.3 Å². The van der Waals surface area contributed by atoms with E-state index in [0.717, 1.165) is 11.0 Å². The lowest BCUT2D eigenvalue weighted by Crippen LogP contribution is -2.22. The summed E-state index contributed by atoms with van der Waals surface area (Å²) in [5.74, 6) is -0.694. The number of ether oxygens (including phenoxy) is 2. The van der Waals surface area contributed by atoms with Crippen LogP contribution in [0.3, 0.4) is 0 Å². The number of hydrogen-bond acceptors (Lipinski definition) is 7. The molecule has 166 valence electrons. The molecule has 0 saturated heterocycles. The molecular formula is C22H26N2O6S. The van der Waals surface area contributed by atoms with E-state index in [9.17, 15) is 9.59 Å². The van der Waals surface area contributed by atoms with E-state index in [0.29, 0.717) is 17.0 Å². The quantitative estimate of drug-likeness (QED) is 0.190. The molecule has 0 unspecified atom stereocenters. The minimum Gasteiger partial charge on any atom is -0.491 e. The van der Waals surface area contributed by atoms with Gasteiger partial charge in [0, 0.05) is 28.1 Å². The molecule has 2 amide bonds. The second kappa shape index (κ2) is 12.6. The van der Waals surface area contributed by atoms with Crippen LogP contribution in [0.5, 0.6) is 5.75 Å². The predicted octanol–water partition coefficient (Wildman–Crippen LogP) is 3.77. The lowest BCUT2D eigenvalue weighted by molar-refractivity contribution is -0.124. The van der Waals surface area contributed by atoms with Gasteiger partial charge in [0.15, 0.2) is 0 Å². The topological polar surface area (TPSA) is 117 Å². The first kappa shape index (κ1) is 24.3. The molecule has 2 aromatic carbocycles. The lowest BCUT2D eigenvalue weighted by Gasteiger charge is -2.24. The Balaban J connectivity index is 2.25. The van der Waals surface area contributed by atoms with Gasteiger partial charge in [-0.2, -0.15) is 0 Å². The summed E-state index contributed by atoms with van der Waals surface area (Å²) in [6.45, 7) is 1.67. The zero-order chi connectivity index (χ0) is 22.6. The highest BCUT2D eigenvalue weighted by Crippen LogP contribution is 2.34. The van der Waals surface area contributed by atoms with Crippen LogP contribution in [0.2, 0.25) is 0 Å². The third-order valence-corrected chi connectivity index (χ3v) is 5.03. The summed E-state index contributed by atoms with van der Waals surface area (Å²) in [7, 11) is 0. The molecule has 0 aliphatic rings. The first-order valence-corrected chi connectivity index (χ1v) is 10.8. The highest BCUT2D eigenvalue weighted by Gasteiger charge is 2.25. The average molecular weight is 447 g/mol. The van der Waals surface area contributed by atoms with Crippen molar-refractivity contribution in [1.82, 2.24) is 5.48 Å². The fraction of sp³-hybridized carbons (Fsp3) is 0.273. The van der Waals surface area contributed by atoms with Gasteiger partial charge in [-0.1, -0.05) is 31.2 Å². The number of aliphatic hydroxyl groups is 1. The van der Waals surface area contributed by atoms with Crippen LogP contribution in [0.1, 0.15) is 18.6 Å². The van der Waals surface area contributed by atoms with E-state index in [1.165, 1.54) is 11.6 Å². The normalized spacial score (nSPS) is 12.8. The molecule has 0 radical (unpaired) electrons. The molecule has 0 saturated carbocycles. The molecule has 2 aromatic rings. The first-order valence-electron chi connectivity index (χ1n) is 9.55. The summed E-state index contributed by atoms with van der Waals surface area (Å²) in [4.78, 5) is 25.1. The third kappa shape index (κ3) is 7.63. The molecule has 0 fully saturated rings. The second-order valence-corrected chi connectivity index (χ2v) is 7.36. The Labute approximate surface area is 185 Å². The summed E-state index contributed by atoms with van der Waals surface area (Å²) in [6, 6.07) is 14.3. The smallest absolute Gasteiger partial charge is 0.412 e. The van der Waals surface area contributed by atoms with E-state index < -0.39 is 24.0 Å². The SMILES string of the molecule is CSc1ccc(NC(=O)O[C@H](c2ccccc2OCCO)[C@H](C)/C=C/C(=O)NO)cc1. The lowest BCUT2D eigenvalue weighted by atomic mass is 9.96. The van der Waals surface area contributed by atoms with Crippen molar-refractivity contribution in [1.29, 1.82) is 0 Å². The molecule has 0 bridgehead atoms. The van der Waals surface area contributed by atoms with E-state index in [4.69, 9.17) is 19.8 Å². The van der Waals surface area contributed by atoms with Crippen LogP contribution in [0.25, 0.3) is 0 Å². The maximum absolute atomic E-state index is 12.6. The molecule has 0 heterocycles. The molecule has 9 heteroatoms. The summed E-state index contributed by atoms with van der Waals surface area (Å²) >= 11 is 1.59. The standard InChI is InChI=1S/C22H26N2O6S/c1-15(7-12-20(26)24-28)21(18-5-3-4-6-19(18)29-14-13-25)30-22(27)23-16-8-10-17(31-2)11-9-16/h3-12,15,21,25,28H,13-14H2,1-2H3,(H,23,27)(H,24,26)/b12-7+/t15-,21+/m1/s1. The molecule has 4 N–H and O–H groups in total. The Kier molecular flexibility index (Phi) is 9.89. The highest BCUT2D eigenvalue weighted by molar-refractivity contribution is 7.98. The van der Waals surface area contributed by atoms with Gasteiger partial charge in [-0.05, 0) is 36.6 Å². The zero-order valence-corrected chi connectivity index (χ0v) is 18.1. The van der Waals surface area contributed by atoms with Crippen LogP contribution < -0.4 is 15.5 Å². The molecule has 31 heavy (non-hydrogen) atoms. The fourth-order valence-electron chi connectivity index (χ4n) is 2.77. The number of amides is 2. The molecule has 0 aliphatic heterocycles. The second-order valence-electron chi connectivity index (χ2n) is 6.48. The minimum absolute atomic E-state index is 0.0782. The number of carbonyl (C=O) groups excluding carboxylic acids is 2. The predicted molar refractivity (Wildman–Crippen MR) is 118 cm³/mol. The molecule has 2 atom stereocenters. The number of para-hydroxylation sites is 1. The van der Waals surface area contributed by atoms with Crippen molar-refractivity contribution in [3.05, 3.63) is 66.2 Å². The van der Waals surface area contributed by atoms with E-state index in [2.05, 4.69) is 5.32 Å². The number of anilines is 1. The van der Waals surface area contributed by atoms with E-state index >= 15 is 0 Å². The summed E-state index contributed by atoms with van der Waals surface area (Å²) in [5, 5.41) is 20.5. The molecular weight excluding hydrogens is 420 g/mol. The van der Waals surface area contributed by atoms with Gasteiger partial charge in [-0.15, -0.1) is 11.8 Å². The molecule has 0 spiro atoms. The number of hydrogen-bond donors (Lipinski definition) is 4. The summed E-state index contributed by atoms with van der Waals surface area (Å²) in [6.07, 6.45) is 3.15. The van der Waals surface area contributed by atoms with Crippen molar-refractivity contribution in [3.8, 4) is 5.75 Å². The summed E-state index contributed by atoms with van der Waals surface area (Å²) < 4.78 is 11.3. The van der Waals surface area contributed by atoms with E-state index in [-0.39, 0.29) is 13.2 Å². The highest BCUT2D eigenvalue weighted by atomic mass is 32.2. The number of aliphatic hydroxyl groups excluding tert-OH is 1. The Morgan fingerprint density at radius 2 is 1.87 bits per heavy atom. The number of nitrogens with one attached hydrogen (secondary N) is 2. The van der Waals surface area contributed by atoms with Crippen LogP contribution in [0.4, 0.5) is 10.5 Å². The molecule has 0 aliphatic carbocycles. The maximum atomic E-state index is 12.6. The third-order valence-electron chi connectivity index (χ3n) is 4.28. The van der Waals surface area contributed by atoms with Crippen LogP contribution in [0.15, 0.2) is 65.6 Å². The van der Waals surface area contributed by atoms with Crippen molar-refractivity contribution >= 4 is 29.4 Å². The zero-order valence-electron chi connectivity index (χ0n) is 17.3. The number of hydroxylamine groups is 1. The van der Waals surface area contributed by atoms with Crippen molar-refractivity contribution in [2.24, 2.45) is 5.92 Å². The van der Waals surface area contributed by atoms with Gasteiger partial charge in [0.2, 0.25) is 0 Å². The van der Waals surface area contributed by atoms with Gasteiger partial charge in [0.05, 0.1) is 6.61 Å².